The Bertz CT molecular complexity index is 3080. The quantitative estimate of drug-likeness (QED) is 0.180. The summed E-state index contributed by atoms with van der Waals surface area (Å²) in [5.41, 5.74) is -1.65. The lowest BCUT2D eigenvalue weighted by Gasteiger charge is -2.45. The first-order valence-corrected chi connectivity index (χ1v) is 38.1. The van der Waals surface area contributed by atoms with Crippen LogP contribution in [0.3, 0.4) is 0 Å². The highest BCUT2D eigenvalue weighted by Gasteiger charge is 2.52. The smallest absolute Gasteiger partial charge is 0.347 e. The van der Waals surface area contributed by atoms with Crippen LogP contribution in [-0.4, -0.2) is 263 Å². The summed E-state index contributed by atoms with van der Waals surface area (Å²) in [6.45, 7) is 11.8. The third-order valence-corrected chi connectivity index (χ3v) is 24.8. The molecule has 3 unspecified atom stereocenters. The zero-order chi connectivity index (χ0) is 77.0. The Morgan fingerprint density at radius 2 is 1.19 bits per heavy atom. The highest BCUT2D eigenvalue weighted by Crippen LogP contribution is 2.44. The van der Waals surface area contributed by atoms with Gasteiger partial charge in [-0.25, -0.2) is 0 Å². The molecule has 29 heteroatoms. The predicted octanol–water partition coefficient (Wildman–Crippen LogP) is 6.33. The Labute approximate surface area is 613 Å². The van der Waals surface area contributed by atoms with Crippen molar-refractivity contribution in [3.05, 3.63) is 0 Å². The third-order valence-electron chi connectivity index (χ3n) is 24.4. The van der Waals surface area contributed by atoms with Crippen molar-refractivity contribution in [3.63, 3.8) is 0 Å². The second-order valence-electron chi connectivity index (χ2n) is 31.5. The fourth-order valence-electron chi connectivity index (χ4n) is 16.3. The molecule has 25 nitrogen and oxygen atoms in total. The fourth-order valence-corrected chi connectivity index (χ4v) is 16.8. The molecule has 580 valence electrons. The number of amides is 12. The van der Waals surface area contributed by atoms with Gasteiger partial charge in [0.15, 0.2) is 0 Å². The SMILES string of the molecule is CC[C@H](C)[C@@H]1NC(=O)[C@H](C)N(C)C(=O)C[C@@H](C(=O)N(C)C)N(C)C(=O)[C@H]([C@@H](C)CC)N(C)C(=O)C2(CCCC2)NC(=O)[C@H](CC2CCC(C#N)CC2)N(C)C(=O)[C@H](CCC2CCC(C(F)(F)F)C(Cl)C2)NC(=O)CN(C)C(=O)[C@H](CC2CCC(C)CC2)N(C)C(=O)[C@@H]2CCN2C(=O)[C@H](C)N(C)C1=O. The Morgan fingerprint density at radius 1 is 0.631 bits per heavy atom. The van der Waals surface area contributed by atoms with Gasteiger partial charge in [-0.1, -0.05) is 86.0 Å². The molecular formula is C74H119ClF3N13O12. The van der Waals surface area contributed by atoms with E-state index in [4.69, 9.17) is 11.6 Å². The molecule has 6 rings (SSSR count). The van der Waals surface area contributed by atoms with E-state index in [-0.39, 0.29) is 88.5 Å². The van der Waals surface area contributed by atoms with Crippen molar-refractivity contribution in [1.29, 1.82) is 5.26 Å². The zero-order valence-electron chi connectivity index (χ0n) is 64.0. The largest absolute Gasteiger partial charge is 0.393 e. The minimum atomic E-state index is -4.54. The molecule has 12 amide bonds. The third kappa shape index (κ3) is 20.6. The number of hydrogen-bond donors (Lipinski definition) is 3. The molecule has 2 saturated heterocycles. The summed E-state index contributed by atoms with van der Waals surface area (Å²) in [6, 6.07) is -8.99. The molecular weight excluding hydrogens is 1360 g/mol. The summed E-state index contributed by atoms with van der Waals surface area (Å²) in [7, 11) is 12.8. The minimum absolute atomic E-state index is 0.000439. The van der Waals surface area contributed by atoms with Crippen molar-refractivity contribution in [2.45, 2.75) is 268 Å². The molecule has 0 aromatic carbocycles. The van der Waals surface area contributed by atoms with Crippen LogP contribution in [0.2, 0.25) is 0 Å². The number of carbonyl (C=O) groups excluding carboxylic acids is 12. The first-order valence-electron chi connectivity index (χ1n) is 37.6. The van der Waals surface area contributed by atoms with Crippen molar-refractivity contribution < 1.29 is 70.7 Å². The van der Waals surface area contributed by atoms with Crippen LogP contribution in [0, 0.1) is 58.7 Å². The Kier molecular flexibility index (Phi) is 30.6. The molecule has 6 fully saturated rings. The molecule has 2 heterocycles. The normalized spacial score (nSPS) is 32.7. The van der Waals surface area contributed by atoms with Crippen LogP contribution in [0.15, 0.2) is 0 Å². The minimum Gasteiger partial charge on any atom is -0.347 e. The molecule has 3 N–H and O–H groups in total. The number of carbonyl (C=O) groups is 12. The lowest BCUT2D eigenvalue weighted by molar-refractivity contribution is -0.182. The van der Waals surface area contributed by atoms with E-state index >= 15 is 24.0 Å². The van der Waals surface area contributed by atoms with Gasteiger partial charge in [0.2, 0.25) is 70.9 Å². The summed E-state index contributed by atoms with van der Waals surface area (Å²) in [4.78, 5) is 191. The number of nitrogens with one attached hydrogen (secondary N) is 3. The summed E-state index contributed by atoms with van der Waals surface area (Å²) >= 11 is 6.45. The number of nitrogens with zero attached hydrogens (tertiary/aromatic N) is 10. The Balaban J connectivity index is 1.46. The highest BCUT2D eigenvalue weighted by atomic mass is 35.5. The van der Waals surface area contributed by atoms with Gasteiger partial charge in [-0.05, 0) is 139 Å². The highest BCUT2D eigenvalue weighted by molar-refractivity contribution is 6.21. The van der Waals surface area contributed by atoms with E-state index in [0.717, 1.165) is 35.5 Å². The number of alkyl halides is 4. The summed E-state index contributed by atoms with van der Waals surface area (Å²) in [5.74, 6) is -11.3. The first-order chi connectivity index (χ1) is 48.2. The number of hydrogen-bond acceptors (Lipinski definition) is 13. The second-order valence-corrected chi connectivity index (χ2v) is 32.1. The molecule has 4 aliphatic carbocycles. The van der Waals surface area contributed by atoms with Gasteiger partial charge in [-0.3, -0.25) is 57.5 Å². The van der Waals surface area contributed by atoms with Gasteiger partial charge in [0, 0.05) is 81.3 Å². The standard InChI is InChI=1S/C74H119ClF3N13O12/c1-17-44(4)61-70(101)86(12)47(7)65(96)91-36-33-55(91)69(100)88(14)57(39-49-23-21-43(3)22-24-49)68(99)84(10)42-59(92)80-54(32-30-48-29-31-52(53(75)37-48)74(76,77)78)66(97)87(13)56(38-50-25-27-51(41-79)28-26-50)64(95)82-73(34-19-20-35-73)72(103)90(16)62(45(5)18-2)71(102)89(15)58(67(98)83(8)9)40-60(93)85(11)46(6)63(94)81-61/h43-58,61-62H,17-40,42H2,1-16H3,(H,80,92)(H,81,94)(H,82,95)/t43?,44-,45-,46-,47-,48?,49?,50?,51?,52?,53?,54-,55-,56-,57-,58-,61-,62-/m0/s1. The lowest BCUT2D eigenvalue weighted by Crippen LogP contribution is -2.65. The zero-order valence-corrected chi connectivity index (χ0v) is 64.7. The Hall–Kier alpha value is -6.79. The maximum atomic E-state index is 15.7. The van der Waals surface area contributed by atoms with Gasteiger partial charge >= 0.3 is 6.18 Å². The number of rotatable bonds is 12. The van der Waals surface area contributed by atoms with E-state index in [1.54, 1.807) is 13.8 Å². The van der Waals surface area contributed by atoms with Crippen molar-refractivity contribution in [2.75, 3.05) is 76.5 Å². The van der Waals surface area contributed by atoms with Gasteiger partial charge < -0.3 is 60.0 Å². The van der Waals surface area contributed by atoms with Gasteiger partial charge in [0.05, 0.1) is 25.0 Å². The summed E-state index contributed by atoms with van der Waals surface area (Å²) < 4.78 is 42.4. The maximum absolute atomic E-state index is 15.7. The molecule has 103 heavy (non-hydrogen) atoms. The molecule has 1 spiro atoms. The molecule has 6 aliphatic rings. The number of fused-ring (bicyclic) bond motifs is 1. The van der Waals surface area contributed by atoms with Gasteiger partial charge in [0.1, 0.15) is 59.9 Å². The molecule has 2 aliphatic heterocycles. The lowest BCUT2D eigenvalue weighted by atomic mass is 9.78. The molecule has 4 saturated carbocycles. The molecule has 14 atom stereocenters. The van der Waals surface area contributed by atoms with Crippen LogP contribution in [0.25, 0.3) is 0 Å². The van der Waals surface area contributed by atoms with E-state index in [1.807, 2.05) is 13.8 Å². The molecule has 0 aromatic rings. The van der Waals surface area contributed by atoms with Crippen molar-refractivity contribution in [2.24, 2.45) is 47.3 Å². The van der Waals surface area contributed by atoms with Crippen molar-refractivity contribution >= 4 is 82.5 Å². The maximum Gasteiger partial charge on any atom is 0.393 e. The Morgan fingerprint density at radius 3 is 1.73 bits per heavy atom. The van der Waals surface area contributed by atoms with Crippen LogP contribution in [0.4, 0.5) is 13.2 Å². The van der Waals surface area contributed by atoms with Crippen LogP contribution < -0.4 is 16.0 Å². The topological polar surface area (TPSA) is 294 Å². The van der Waals surface area contributed by atoms with Gasteiger partial charge in [-0.15, -0.1) is 11.6 Å². The van der Waals surface area contributed by atoms with E-state index in [1.165, 1.54) is 112 Å². The average Bonchev–Trinajstić information content (AvgIpc) is 1.56. The number of nitriles is 1. The van der Waals surface area contributed by atoms with Crippen LogP contribution in [-0.2, 0) is 57.5 Å². The van der Waals surface area contributed by atoms with E-state index in [9.17, 15) is 52.0 Å². The van der Waals surface area contributed by atoms with Crippen LogP contribution in [0.1, 0.15) is 196 Å². The summed E-state index contributed by atoms with van der Waals surface area (Å²) in [5, 5.41) is 17.4. The number of likely N-dealkylation sites (N-methyl/N-ethyl adjacent to an activating group) is 8. The monoisotopic (exact) mass is 1470 g/mol. The molecule has 0 bridgehead atoms. The van der Waals surface area contributed by atoms with Crippen LogP contribution >= 0.6 is 11.6 Å². The van der Waals surface area contributed by atoms with Crippen molar-refractivity contribution in [1.82, 2.24) is 60.0 Å². The number of halogens is 4. The second kappa shape index (κ2) is 37.0. The fraction of sp³-hybridized carbons (Fsp3) is 0.824. The van der Waals surface area contributed by atoms with Crippen LogP contribution in [0.5, 0.6) is 0 Å². The first kappa shape index (κ1) is 85.1. The molecule has 0 radical (unpaired) electrons. The van der Waals surface area contributed by atoms with Crippen molar-refractivity contribution in [3.8, 4) is 6.07 Å². The molecule has 0 aromatic heterocycles. The van der Waals surface area contributed by atoms with E-state index < -0.39 is 179 Å². The van der Waals surface area contributed by atoms with Gasteiger partial charge in [0.25, 0.3) is 0 Å². The average molecular weight is 1480 g/mol. The van der Waals surface area contributed by atoms with E-state index in [0.29, 0.717) is 57.3 Å². The van der Waals surface area contributed by atoms with Gasteiger partial charge in [-0.2, -0.15) is 18.4 Å². The van der Waals surface area contributed by atoms with E-state index in [2.05, 4.69) is 28.9 Å². The summed E-state index contributed by atoms with van der Waals surface area (Å²) in [6.07, 6.45) is 2.52. The predicted molar refractivity (Wildman–Crippen MR) is 381 cm³/mol.